The van der Waals surface area contributed by atoms with E-state index in [4.69, 9.17) is 0 Å². The zero-order valence-electron chi connectivity index (χ0n) is 9.76. The van der Waals surface area contributed by atoms with Crippen LogP contribution in [0.5, 0.6) is 0 Å². The van der Waals surface area contributed by atoms with Gasteiger partial charge >= 0.3 is 0 Å². The van der Waals surface area contributed by atoms with Gasteiger partial charge in [0.2, 0.25) is 0 Å². The third kappa shape index (κ3) is 4.28. The average molecular weight is 194 g/mol. The van der Waals surface area contributed by atoms with E-state index in [2.05, 4.69) is 31.7 Å². The highest BCUT2D eigenvalue weighted by Gasteiger charge is 2.13. The van der Waals surface area contributed by atoms with Crippen LogP contribution in [-0.4, -0.2) is 24.5 Å². The summed E-state index contributed by atoms with van der Waals surface area (Å²) in [5.74, 6) is 0.566. The Bertz CT molecular complexity index is 172. The normalized spacial score (nSPS) is 19.0. The Hall–Kier alpha value is -0.300. The largest absolute Gasteiger partial charge is 0.302 e. The number of likely N-dealkylation sites (tertiary alicyclic amines) is 1. The topological polar surface area (TPSA) is 3.24 Å². The Morgan fingerprint density at radius 2 is 2.07 bits per heavy atom. The second-order valence-electron chi connectivity index (χ2n) is 4.56. The number of nitrogens with zero attached hydrogens (tertiary/aromatic N) is 1. The fourth-order valence-corrected chi connectivity index (χ4v) is 2.02. The van der Waals surface area contributed by atoms with Crippen molar-refractivity contribution in [1.29, 1.82) is 0 Å². The molecule has 1 radical (unpaired) electrons. The Labute approximate surface area is 89.2 Å². The van der Waals surface area contributed by atoms with Gasteiger partial charge in [-0.2, -0.15) is 0 Å². The summed E-state index contributed by atoms with van der Waals surface area (Å²) in [6.07, 6.45) is 7.56. The molecule has 0 amide bonds. The van der Waals surface area contributed by atoms with Crippen LogP contribution in [0, 0.1) is 12.8 Å². The van der Waals surface area contributed by atoms with Gasteiger partial charge < -0.3 is 4.90 Å². The van der Waals surface area contributed by atoms with Crippen molar-refractivity contribution in [3.05, 3.63) is 18.6 Å². The second kappa shape index (κ2) is 6.23. The molecule has 0 spiro atoms. The number of piperidine rings is 1. The maximum Gasteiger partial charge on any atom is 0.00188 e. The predicted molar refractivity (Wildman–Crippen MR) is 63.2 cm³/mol. The summed E-state index contributed by atoms with van der Waals surface area (Å²) in [6, 6.07) is 0. The third-order valence-corrected chi connectivity index (χ3v) is 2.79. The van der Waals surface area contributed by atoms with E-state index in [1.54, 1.807) is 5.57 Å². The van der Waals surface area contributed by atoms with Gasteiger partial charge in [0.25, 0.3) is 0 Å². The molecule has 1 aliphatic heterocycles. The molecular weight excluding hydrogens is 170 g/mol. The van der Waals surface area contributed by atoms with Gasteiger partial charge in [0, 0.05) is 19.6 Å². The van der Waals surface area contributed by atoms with Crippen LogP contribution in [0.25, 0.3) is 0 Å². The van der Waals surface area contributed by atoms with Crippen molar-refractivity contribution in [3.63, 3.8) is 0 Å². The summed E-state index contributed by atoms with van der Waals surface area (Å²) in [4.78, 5) is 2.54. The summed E-state index contributed by atoms with van der Waals surface area (Å²) in [5, 5.41) is 0. The summed E-state index contributed by atoms with van der Waals surface area (Å²) in [6.45, 7) is 12.1. The molecule has 1 heterocycles. The second-order valence-corrected chi connectivity index (χ2v) is 4.56. The van der Waals surface area contributed by atoms with E-state index in [0.29, 0.717) is 5.92 Å². The van der Waals surface area contributed by atoms with Crippen molar-refractivity contribution in [2.45, 2.75) is 39.5 Å². The van der Waals surface area contributed by atoms with Crippen molar-refractivity contribution < 1.29 is 0 Å². The number of unbranched alkanes of at least 4 members (excludes halogenated alkanes) is 1. The molecule has 0 N–H and O–H groups in total. The highest BCUT2D eigenvalue weighted by atomic mass is 15.1. The first kappa shape index (κ1) is 11.8. The van der Waals surface area contributed by atoms with Crippen LogP contribution in [0.15, 0.2) is 11.6 Å². The smallest absolute Gasteiger partial charge is 0.00188 e. The monoisotopic (exact) mass is 194 g/mol. The summed E-state index contributed by atoms with van der Waals surface area (Å²) < 4.78 is 0. The number of allylic oxidation sites excluding steroid dienone is 1. The molecule has 81 valence electrons. The molecule has 14 heavy (non-hydrogen) atoms. The third-order valence-electron chi connectivity index (χ3n) is 2.79. The summed E-state index contributed by atoms with van der Waals surface area (Å²) in [7, 11) is 0. The van der Waals surface area contributed by atoms with Gasteiger partial charge in [-0.3, -0.25) is 0 Å². The van der Waals surface area contributed by atoms with Crippen LogP contribution < -0.4 is 0 Å². The van der Waals surface area contributed by atoms with Crippen molar-refractivity contribution in [2.75, 3.05) is 19.6 Å². The van der Waals surface area contributed by atoms with Crippen molar-refractivity contribution >= 4 is 0 Å². The fourth-order valence-electron chi connectivity index (χ4n) is 2.02. The van der Waals surface area contributed by atoms with Gasteiger partial charge in [-0.25, -0.2) is 0 Å². The molecular formula is C13H24N. The highest BCUT2D eigenvalue weighted by molar-refractivity contribution is 5.05. The minimum Gasteiger partial charge on any atom is -0.302 e. The van der Waals surface area contributed by atoms with Crippen LogP contribution in [0.2, 0.25) is 0 Å². The molecule has 0 aromatic carbocycles. The molecule has 0 bridgehead atoms. The zero-order valence-corrected chi connectivity index (χ0v) is 9.76. The molecule has 0 unspecified atom stereocenters. The molecule has 0 aromatic rings. The maximum absolute atomic E-state index is 4.04. The van der Waals surface area contributed by atoms with E-state index in [1.165, 1.54) is 45.3 Å². The first-order chi connectivity index (χ1) is 6.72. The van der Waals surface area contributed by atoms with E-state index in [1.807, 2.05) is 0 Å². The van der Waals surface area contributed by atoms with E-state index >= 15 is 0 Å². The van der Waals surface area contributed by atoms with Crippen molar-refractivity contribution in [3.8, 4) is 0 Å². The molecule has 1 saturated heterocycles. The van der Waals surface area contributed by atoms with Gasteiger partial charge in [-0.15, -0.1) is 0 Å². The van der Waals surface area contributed by atoms with Crippen molar-refractivity contribution in [2.24, 2.45) is 5.92 Å². The lowest BCUT2D eigenvalue weighted by molar-refractivity contribution is 0.237. The van der Waals surface area contributed by atoms with Crippen LogP contribution >= 0.6 is 0 Å². The Morgan fingerprint density at radius 3 is 2.57 bits per heavy atom. The van der Waals surface area contributed by atoms with Gasteiger partial charge in [0.05, 0.1) is 0 Å². The maximum atomic E-state index is 4.04. The molecule has 1 nitrogen and oxygen atoms in total. The minimum atomic E-state index is 0.566. The first-order valence-electron chi connectivity index (χ1n) is 5.95. The molecule has 1 fully saturated rings. The molecule has 1 rings (SSSR count). The standard InChI is InChI=1S/C13H24N/c1-4-5-6-13-7-9-14(10-8-13)11-12(2)3/h6,12H,2,4-5,7-11H2,1,3H3/t12-/m1/s1. The zero-order chi connectivity index (χ0) is 10.4. The number of hydrogen-bond donors (Lipinski definition) is 0. The van der Waals surface area contributed by atoms with E-state index in [0.717, 1.165) is 0 Å². The number of rotatable bonds is 4. The van der Waals surface area contributed by atoms with Crippen LogP contribution in [-0.2, 0) is 0 Å². The van der Waals surface area contributed by atoms with Gasteiger partial charge in [-0.1, -0.05) is 31.9 Å². The van der Waals surface area contributed by atoms with Gasteiger partial charge in [0.1, 0.15) is 0 Å². The van der Waals surface area contributed by atoms with Crippen molar-refractivity contribution in [1.82, 2.24) is 4.90 Å². The lowest BCUT2D eigenvalue weighted by Gasteiger charge is -2.29. The lowest BCUT2D eigenvalue weighted by Crippen LogP contribution is -2.33. The Kier molecular flexibility index (Phi) is 5.24. The SMILES string of the molecule is [CH2][C@H](C)CN1CCC(=CCCC)CC1. The van der Waals surface area contributed by atoms with Crippen LogP contribution in [0.4, 0.5) is 0 Å². The summed E-state index contributed by atoms with van der Waals surface area (Å²) >= 11 is 0. The highest BCUT2D eigenvalue weighted by Crippen LogP contribution is 2.17. The molecule has 0 aliphatic carbocycles. The molecule has 1 heteroatoms. The quantitative estimate of drug-likeness (QED) is 0.621. The van der Waals surface area contributed by atoms with Crippen LogP contribution in [0.1, 0.15) is 39.5 Å². The first-order valence-corrected chi connectivity index (χ1v) is 5.95. The lowest BCUT2D eigenvalue weighted by atomic mass is 10.0. The molecule has 0 aromatic heterocycles. The fraction of sp³-hybridized carbons (Fsp3) is 0.769. The van der Waals surface area contributed by atoms with Gasteiger partial charge in [0.15, 0.2) is 0 Å². The molecule has 0 saturated carbocycles. The Balaban J connectivity index is 2.24. The molecule has 1 aliphatic rings. The molecule has 1 atom stereocenters. The van der Waals surface area contributed by atoms with E-state index in [-0.39, 0.29) is 0 Å². The number of hydrogen-bond acceptors (Lipinski definition) is 1. The average Bonchev–Trinajstić information content (AvgIpc) is 2.16. The summed E-state index contributed by atoms with van der Waals surface area (Å²) in [5.41, 5.74) is 1.68. The van der Waals surface area contributed by atoms with Gasteiger partial charge in [-0.05, 0) is 32.1 Å². The van der Waals surface area contributed by atoms with E-state index in [9.17, 15) is 0 Å². The van der Waals surface area contributed by atoms with E-state index < -0.39 is 0 Å². The minimum absolute atomic E-state index is 0.566. The Morgan fingerprint density at radius 1 is 1.43 bits per heavy atom. The predicted octanol–water partition coefficient (Wildman–Crippen LogP) is 3.28. The van der Waals surface area contributed by atoms with Crippen LogP contribution in [0.3, 0.4) is 0 Å².